The van der Waals surface area contributed by atoms with Crippen molar-refractivity contribution in [1.29, 1.82) is 0 Å². The Morgan fingerprint density at radius 2 is 1.46 bits per heavy atom. The molecule has 0 radical (unpaired) electrons. The van der Waals surface area contributed by atoms with Gasteiger partial charge < -0.3 is 25.4 Å². The average molecular weight is 403 g/mol. The number of aliphatic carboxylic acids is 2. The lowest BCUT2D eigenvalue weighted by Gasteiger charge is -2.10. The van der Waals surface area contributed by atoms with Gasteiger partial charge in [-0.15, -0.1) is 12.6 Å². The van der Waals surface area contributed by atoms with E-state index in [0.29, 0.717) is 30.3 Å². The molecule has 28 heavy (non-hydrogen) atoms. The molecule has 0 aromatic heterocycles. The minimum atomic E-state index is -1.08. The highest BCUT2D eigenvalue weighted by Crippen LogP contribution is 2.16. The number of hydrogen-bond acceptors (Lipinski definition) is 6. The molecule has 7 nitrogen and oxygen atoms in total. The molecule has 148 valence electrons. The SMILES string of the molecule is NC(Cc1ccc(OCCOc2ccc(C=C(S)C(=O)O)cc2)cc1)C(=O)O. The number of ether oxygens (including phenoxy) is 2. The van der Waals surface area contributed by atoms with E-state index in [0.717, 1.165) is 5.56 Å². The number of benzene rings is 2. The van der Waals surface area contributed by atoms with Crippen LogP contribution < -0.4 is 15.2 Å². The summed E-state index contributed by atoms with van der Waals surface area (Å²) in [6.07, 6.45) is 1.70. The van der Waals surface area contributed by atoms with Crippen LogP contribution in [0, 0.1) is 0 Å². The maximum atomic E-state index is 10.8. The molecule has 0 saturated heterocycles. The second-order valence-corrected chi connectivity index (χ2v) is 6.38. The molecule has 0 aliphatic heterocycles. The highest BCUT2D eigenvalue weighted by Gasteiger charge is 2.11. The molecule has 0 amide bonds. The molecule has 0 saturated carbocycles. The van der Waals surface area contributed by atoms with Gasteiger partial charge in [0, 0.05) is 0 Å². The predicted molar refractivity (Wildman–Crippen MR) is 108 cm³/mol. The fraction of sp³-hybridized carbons (Fsp3) is 0.200. The van der Waals surface area contributed by atoms with E-state index in [1.807, 2.05) is 0 Å². The predicted octanol–water partition coefficient (Wildman–Crippen LogP) is 2.45. The third kappa shape index (κ3) is 6.98. The molecule has 2 aromatic carbocycles. The number of carbonyl (C=O) groups is 2. The van der Waals surface area contributed by atoms with Crippen LogP contribution in [0.15, 0.2) is 53.4 Å². The summed E-state index contributed by atoms with van der Waals surface area (Å²) >= 11 is 3.88. The summed E-state index contributed by atoms with van der Waals surface area (Å²) in [6.45, 7) is 0.656. The van der Waals surface area contributed by atoms with E-state index in [4.69, 9.17) is 25.4 Å². The second kappa shape index (κ2) is 10.4. The van der Waals surface area contributed by atoms with Crippen LogP contribution in [0.3, 0.4) is 0 Å². The monoisotopic (exact) mass is 403 g/mol. The molecule has 1 atom stereocenters. The van der Waals surface area contributed by atoms with Gasteiger partial charge in [-0.25, -0.2) is 4.79 Å². The fourth-order valence-electron chi connectivity index (χ4n) is 2.26. The largest absolute Gasteiger partial charge is 0.490 e. The maximum absolute atomic E-state index is 10.8. The van der Waals surface area contributed by atoms with Crippen molar-refractivity contribution in [3.8, 4) is 11.5 Å². The van der Waals surface area contributed by atoms with E-state index in [2.05, 4.69) is 12.6 Å². The summed E-state index contributed by atoms with van der Waals surface area (Å²) < 4.78 is 11.2. The van der Waals surface area contributed by atoms with Crippen LogP contribution in [0.5, 0.6) is 11.5 Å². The average Bonchev–Trinajstić information content (AvgIpc) is 2.67. The first-order valence-corrected chi connectivity index (χ1v) is 8.87. The normalized spacial score (nSPS) is 12.3. The standard InChI is InChI=1S/C20H21NO6S/c21-17(19(22)23)11-13-1-5-15(6-2-13)26-9-10-27-16-7-3-14(4-8-16)12-18(28)20(24)25/h1-8,12,17,28H,9-11,21H2,(H,22,23)(H,24,25). The molecule has 4 N–H and O–H groups in total. The molecular weight excluding hydrogens is 382 g/mol. The van der Waals surface area contributed by atoms with Gasteiger partial charge in [0.25, 0.3) is 0 Å². The third-order valence-corrected chi connectivity index (χ3v) is 4.04. The molecule has 0 bridgehead atoms. The lowest BCUT2D eigenvalue weighted by molar-refractivity contribution is -0.138. The van der Waals surface area contributed by atoms with Crippen LogP contribution in [0.2, 0.25) is 0 Å². The van der Waals surface area contributed by atoms with Crippen molar-refractivity contribution in [2.45, 2.75) is 12.5 Å². The molecule has 2 rings (SSSR count). The smallest absolute Gasteiger partial charge is 0.341 e. The lowest BCUT2D eigenvalue weighted by Crippen LogP contribution is -2.32. The summed E-state index contributed by atoms with van der Waals surface area (Å²) in [7, 11) is 0. The first-order valence-electron chi connectivity index (χ1n) is 8.42. The molecule has 1 unspecified atom stereocenters. The van der Waals surface area contributed by atoms with E-state index in [9.17, 15) is 9.59 Å². The highest BCUT2D eigenvalue weighted by atomic mass is 32.1. The quantitative estimate of drug-likeness (QED) is 0.273. The van der Waals surface area contributed by atoms with Crippen LogP contribution in [0.4, 0.5) is 0 Å². The lowest BCUT2D eigenvalue weighted by atomic mass is 10.1. The number of thiol groups is 1. The zero-order valence-electron chi connectivity index (χ0n) is 14.9. The topological polar surface area (TPSA) is 119 Å². The summed E-state index contributed by atoms with van der Waals surface area (Å²) in [5.41, 5.74) is 7.03. The Hall–Kier alpha value is -2.97. The van der Waals surface area contributed by atoms with Crippen molar-refractivity contribution >= 4 is 30.6 Å². The van der Waals surface area contributed by atoms with Crippen molar-refractivity contribution in [3.05, 3.63) is 64.6 Å². The Balaban J connectivity index is 1.76. The molecule has 0 spiro atoms. The molecule has 8 heteroatoms. The third-order valence-electron chi connectivity index (χ3n) is 3.72. The van der Waals surface area contributed by atoms with Gasteiger partial charge in [-0.1, -0.05) is 24.3 Å². The minimum Gasteiger partial charge on any atom is -0.490 e. The first kappa shape index (κ1) is 21.3. The highest BCUT2D eigenvalue weighted by molar-refractivity contribution is 7.85. The molecule has 0 fully saturated rings. The van der Waals surface area contributed by atoms with Gasteiger partial charge in [0.05, 0.1) is 4.91 Å². The Morgan fingerprint density at radius 3 is 1.93 bits per heavy atom. The Kier molecular flexibility index (Phi) is 7.91. The van der Waals surface area contributed by atoms with Crippen molar-refractivity contribution < 1.29 is 29.3 Å². The number of hydrogen-bond donors (Lipinski definition) is 4. The number of rotatable bonds is 10. The van der Waals surface area contributed by atoms with Gasteiger partial charge in [-0.2, -0.15) is 0 Å². The van der Waals surface area contributed by atoms with E-state index in [-0.39, 0.29) is 11.3 Å². The first-order chi connectivity index (χ1) is 13.3. The number of carboxylic acid groups (broad SMARTS) is 2. The summed E-state index contributed by atoms with van der Waals surface area (Å²) in [4.78, 5) is 21.5. The van der Waals surface area contributed by atoms with E-state index < -0.39 is 18.0 Å². The van der Waals surface area contributed by atoms with Gasteiger partial charge in [0.15, 0.2) is 0 Å². The zero-order valence-corrected chi connectivity index (χ0v) is 15.8. The number of carboxylic acids is 2. The van der Waals surface area contributed by atoms with E-state index >= 15 is 0 Å². The van der Waals surface area contributed by atoms with Gasteiger partial charge >= 0.3 is 11.9 Å². The van der Waals surface area contributed by atoms with Crippen molar-refractivity contribution in [2.75, 3.05) is 13.2 Å². The summed E-state index contributed by atoms with van der Waals surface area (Å²) in [6, 6.07) is 13.1. The van der Waals surface area contributed by atoms with E-state index in [1.165, 1.54) is 6.08 Å². The van der Waals surface area contributed by atoms with Gasteiger partial charge in [-0.05, 0) is 47.9 Å². The van der Waals surface area contributed by atoms with Crippen LogP contribution in [-0.4, -0.2) is 41.4 Å². The Labute approximate surface area is 167 Å². The minimum absolute atomic E-state index is 0.0435. The van der Waals surface area contributed by atoms with Crippen LogP contribution in [0.25, 0.3) is 6.08 Å². The molecule has 0 heterocycles. The van der Waals surface area contributed by atoms with Crippen LogP contribution >= 0.6 is 12.6 Å². The second-order valence-electron chi connectivity index (χ2n) is 5.89. The maximum Gasteiger partial charge on any atom is 0.341 e. The molecular formula is C20H21NO6S. The zero-order chi connectivity index (χ0) is 20.5. The van der Waals surface area contributed by atoms with Crippen molar-refractivity contribution in [3.63, 3.8) is 0 Å². The van der Waals surface area contributed by atoms with Crippen LogP contribution in [-0.2, 0) is 16.0 Å². The van der Waals surface area contributed by atoms with Crippen LogP contribution in [0.1, 0.15) is 11.1 Å². The number of nitrogens with two attached hydrogens (primary N) is 1. The Bertz CT molecular complexity index is 833. The summed E-state index contributed by atoms with van der Waals surface area (Å²) in [5, 5.41) is 17.6. The van der Waals surface area contributed by atoms with Gasteiger partial charge in [0.1, 0.15) is 30.8 Å². The van der Waals surface area contributed by atoms with Gasteiger partial charge in [-0.3, -0.25) is 4.79 Å². The van der Waals surface area contributed by atoms with Crippen molar-refractivity contribution in [1.82, 2.24) is 0 Å². The van der Waals surface area contributed by atoms with Gasteiger partial charge in [0.2, 0.25) is 0 Å². The fourth-order valence-corrected chi connectivity index (χ4v) is 2.41. The summed E-state index contributed by atoms with van der Waals surface area (Å²) in [5.74, 6) is -0.838. The molecule has 0 aliphatic rings. The molecule has 0 aliphatic carbocycles. The van der Waals surface area contributed by atoms with Crippen molar-refractivity contribution in [2.24, 2.45) is 5.73 Å². The van der Waals surface area contributed by atoms with E-state index in [1.54, 1.807) is 48.5 Å². The Morgan fingerprint density at radius 1 is 0.964 bits per heavy atom. The molecule has 2 aromatic rings.